The minimum atomic E-state index is -0.442. The summed E-state index contributed by atoms with van der Waals surface area (Å²) in [6.07, 6.45) is 1.67. The number of hydrogen-bond donors (Lipinski definition) is 2. The number of anilines is 1. The highest BCUT2D eigenvalue weighted by Gasteiger charge is 2.34. The number of benzene rings is 2. The van der Waals surface area contributed by atoms with Gasteiger partial charge in [0.05, 0.1) is 11.3 Å². The van der Waals surface area contributed by atoms with Gasteiger partial charge >= 0.3 is 0 Å². The zero-order valence-electron chi connectivity index (χ0n) is 16.7. The molecule has 4 amide bonds. The smallest absolute Gasteiger partial charge is 0.293 e. The van der Waals surface area contributed by atoms with Crippen LogP contribution in [0.1, 0.15) is 18.1 Å². The Hall–Kier alpha value is -3.46. The highest BCUT2D eigenvalue weighted by molar-refractivity contribution is 8.18. The maximum Gasteiger partial charge on any atom is 0.293 e. The highest BCUT2D eigenvalue weighted by atomic mass is 32.2. The van der Waals surface area contributed by atoms with Crippen LogP contribution >= 0.6 is 11.8 Å². The molecule has 2 N–H and O–H groups in total. The largest absolute Gasteiger partial charge is 0.354 e. The van der Waals surface area contributed by atoms with Gasteiger partial charge in [0, 0.05) is 25.7 Å². The zero-order valence-corrected chi connectivity index (χ0v) is 17.5. The summed E-state index contributed by atoms with van der Waals surface area (Å²) in [7, 11) is 0. The van der Waals surface area contributed by atoms with Crippen molar-refractivity contribution in [3.05, 3.63) is 70.4 Å². The molecule has 0 aliphatic carbocycles. The average Bonchev–Trinajstić information content (AvgIpc) is 2.98. The van der Waals surface area contributed by atoms with E-state index in [1.165, 1.54) is 37.3 Å². The van der Waals surface area contributed by atoms with Gasteiger partial charge in [-0.2, -0.15) is 0 Å². The van der Waals surface area contributed by atoms with Crippen molar-refractivity contribution in [2.24, 2.45) is 0 Å². The second kappa shape index (κ2) is 10.0. The number of rotatable bonds is 7. The average molecular weight is 441 g/mol. The van der Waals surface area contributed by atoms with Crippen molar-refractivity contribution in [1.29, 1.82) is 0 Å². The fraction of sp³-hybridized carbons (Fsp3) is 0.182. The molecule has 2 aromatic carbocycles. The first-order valence-electron chi connectivity index (χ1n) is 9.46. The van der Waals surface area contributed by atoms with E-state index in [2.05, 4.69) is 10.6 Å². The fourth-order valence-corrected chi connectivity index (χ4v) is 3.73. The topological polar surface area (TPSA) is 95.6 Å². The lowest BCUT2D eigenvalue weighted by molar-refractivity contribution is -0.124. The van der Waals surface area contributed by atoms with Gasteiger partial charge in [-0.3, -0.25) is 24.1 Å². The number of halogens is 1. The van der Waals surface area contributed by atoms with Crippen LogP contribution in [0.3, 0.4) is 0 Å². The molecule has 1 aliphatic heterocycles. The lowest BCUT2D eigenvalue weighted by atomic mass is 10.1. The van der Waals surface area contributed by atoms with Crippen LogP contribution in [0.2, 0.25) is 0 Å². The molecule has 1 saturated heterocycles. The molecule has 1 heterocycles. The molecule has 0 saturated carbocycles. The molecule has 0 atom stereocenters. The molecule has 3 rings (SSSR count). The summed E-state index contributed by atoms with van der Waals surface area (Å²) in [6, 6.07) is 12.5. The standard InChI is InChI=1S/C22H20FN3O4S/c1-14(27)25-18-8-4-16(5-9-18)13-20(28)24-10-11-26-21(29)19(31-22(26)30)12-15-2-6-17(23)7-3-15/h2-9,12H,10-11,13H2,1H3,(H,24,28)(H,25,27)/b19-12+. The van der Waals surface area contributed by atoms with E-state index in [-0.39, 0.29) is 42.0 Å². The number of carbonyl (C=O) groups is 4. The van der Waals surface area contributed by atoms with Crippen molar-refractivity contribution in [1.82, 2.24) is 10.2 Å². The summed E-state index contributed by atoms with van der Waals surface area (Å²) >= 11 is 0.810. The lowest BCUT2D eigenvalue weighted by Crippen LogP contribution is -2.37. The summed E-state index contributed by atoms with van der Waals surface area (Å²) in [5.74, 6) is -1.25. The van der Waals surface area contributed by atoms with Gasteiger partial charge in [0.25, 0.3) is 11.1 Å². The fourth-order valence-electron chi connectivity index (χ4n) is 2.87. The van der Waals surface area contributed by atoms with Crippen molar-refractivity contribution in [2.45, 2.75) is 13.3 Å². The Kier molecular flexibility index (Phi) is 7.19. The van der Waals surface area contributed by atoms with Crippen LogP contribution in [0.5, 0.6) is 0 Å². The van der Waals surface area contributed by atoms with Crippen LogP contribution in [-0.4, -0.2) is 41.0 Å². The highest BCUT2D eigenvalue weighted by Crippen LogP contribution is 2.31. The van der Waals surface area contributed by atoms with Crippen LogP contribution in [0, 0.1) is 5.82 Å². The molecule has 9 heteroatoms. The summed E-state index contributed by atoms with van der Waals surface area (Å²) < 4.78 is 13.0. The molecular weight excluding hydrogens is 421 g/mol. The second-order valence-electron chi connectivity index (χ2n) is 6.79. The minimum Gasteiger partial charge on any atom is -0.354 e. The van der Waals surface area contributed by atoms with E-state index in [4.69, 9.17) is 0 Å². The Bertz CT molecular complexity index is 1040. The monoisotopic (exact) mass is 441 g/mol. The van der Waals surface area contributed by atoms with E-state index in [9.17, 15) is 23.6 Å². The minimum absolute atomic E-state index is 0.0542. The van der Waals surface area contributed by atoms with Crippen molar-refractivity contribution >= 4 is 46.5 Å². The number of hydrogen-bond acceptors (Lipinski definition) is 5. The van der Waals surface area contributed by atoms with Gasteiger partial charge in [-0.15, -0.1) is 0 Å². The van der Waals surface area contributed by atoms with Crippen molar-refractivity contribution in [2.75, 3.05) is 18.4 Å². The normalized spacial score (nSPS) is 14.8. The third-order valence-corrected chi connectivity index (χ3v) is 5.25. The molecule has 0 radical (unpaired) electrons. The Morgan fingerprint density at radius 2 is 1.74 bits per heavy atom. The summed E-state index contributed by atoms with van der Waals surface area (Å²) in [4.78, 5) is 49.1. The number of thioether (sulfide) groups is 1. The van der Waals surface area contributed by atoms with E-state index in [0.29, 0.717) is 11.3 Å². The summed E-state index contributed by atoms with van der Waals surface area (Å²) in [5.41, 5.74) is 2.02. The molecule has 31 heavy (non-hydrogen) atoms. The lowest BCUT2D eigenvalue weighted by Gasteiger charge is -2.13. The third kappa shape index (κ3) is 6.26. The van der Waals surface area contributed by atoms with E-state index >= 15 is 0 Å². The molecule has 0 aromatic heterocycles. The Morgan fingerprint density at radius 1 is 1.06 bits per heavy atom. The van der Waals surface area contributed by atoms with Crippen LogP contribution in [0.15, 0.2) is 53.4 Å². The first kappa shape index (κ1) is 22.2. The van der Waals surface area contributed by atoms with E-state index in [1.54, 1.807) is 24.3 Å². The van der Waals surface area contributed by atoms with E-state index < -0.39 is 11.1 Å². The van der Waals surface area contributed by atoms with Crippen molar-refractivity contribution in [3.8, 4) is 0 Å². The molecule has 2 aromatic rings. The summed E-state index contributed by atoms with van der Waals surface area (Å²) in [6.45, 7) is 1.60. The maximum atomic E-state index is 13.0. The van der Waals surface area contributed by atoms with E-state index in [1.807, 2.05) is 0 Å². The second-order valence-corrected chi connectivity index (χ2v) is 7.78. The molecule has 0 bridgehead atoms. The number of carbonyl (C=O) groups excluding carboxylic acids is 4. The first-order chi connectivity index (χ1) is 14.8. The van der Waals surface area contributed by atoms with Gasteiger partial charge in [-0.25, -0.2) is 4.39 Å². The third-order valence-electron chi connectivity index (χ3n) is 4.34. The SMILES string of the molecule is CC(=O)Nc1ccc(CC(=O)NCCN2C(=O)S/C(=C/c3ccc(F)cc3)C2=O)cc1. The zero-order chi connectivity index (χ0) is 22.4. The van der Waals surface area contributed by atoms with E-state index in [0.717, 1.165) is 22.2 Å². The maximum absolute atomic E-state index is 13.0. The Labute approximate surface area is 182 Å². The quantitative estimate of drug-likeness (QED) is 0.644. The van der Waals surface area contributed by atoms with Crippen LogP contribution in [0.4, 0.5) is 14.9 Å². The molecule has 160 valence electrons. The number of nitrogens with zero attached hydrogens (tertiary/aromatic N) is 1. The number of nitrogens with one attached hydrogen (secondary N) is 2. The molecule has 7 nitrogen and oxygen atoms in total. The Morgan fingerprint density at radius 3 is 2.39 bits per heavy atom. The molecule has 0 unspecified atom stereocenters. The Balaban J connectivity index is 1.49. The molecule has 1 fully saturated rings. The molecule has 0 spiro atoms. The summed E-state index contributed by atoms with van der Waals surface area (Å²) in [5, 5.41) is 4.92. The number of imide groups is 1. The van der Waals surface area contributed by atoms with Crippen molar-refractivity contribution in [3.63, 3.8) is 0 Å². The van der Waals surface area contributed by atoms with Gasteiger partial charge in [-0.1, -0.05) is 24.3 Å². The van der Waals surface area contributed by atoms with Crippen molar-refractivity contribution < 1.29 is 23.6 Å². The van der Waals surface area contributed by atoms with Crippen LogP contribution in [-0.2, 0) is 20.8 Å². The van der Waals surface area contributed by atoms with Crippen LogP contribution in [0.25, 0.3) is 6.08 Å². The number of amides is 4. The molecular formula is C22H20FN3O4S. The van der Waals surface area contributed by atoms with Gasteiger partial charge in [0.15, 0.2) is 0 Å². The predicted molar refractivity (Wildman–Crippen MR) is 117 cm³/mol. The van der Waals surface area contributed by atoms with Gasteiger partial charge in [0.1, 0.15) is 5.82 Å². The van der Waals surface area contributed by atoms with Gasteiger partial charge < -0.3 is 10.6 Å². The predicted octanol–water partition coefficient (Wildman–Crippen LogP) is 3.18. The van der Waals surface area contributed by atoms with Crippen LogP contribution < -0.4 is 10.6 Å². The van der Waals surface area contributed by atoms with Gasteiger partial charge in [0.2, 0.25) is 11.8 Å². The molecule has 1 aliphatic rings. The van der Waals surface area contributed by atoms with Gasteiger partial charge in [-0.05, 0) is 53.2 Å². The first-order valence-corrected chi connectivity index (χ1v) is 10.3.